The van der Waals surface area contributed by atoms with E-state index in [1.807, 2.05) is 26.8 Å². The number of nitrogens with one attached hydrogen (secondary N) is 2. The Balaban J connectivity index is 0.000000493. The molecule has 0 aromatic carbocycles. The van der Waals surface area contributed by atoms with E-state index in [1.165, 1.54) is 6.20 Å². The van der Waals surface area contributed by atoms with E-state index in [0.717, 1.165) is 18.5 Å². The zero-order chi connectivity index (χ0) is 26.9. The monoisotopic (exact) mass is 501 g/mol. The van der Waals surface area contributed by atoms with Crippen LogP contribution < -0.4 is 10.6 Å². The van der Waals surface area contributed by atoms with Crippen molar-refractivity contribution in [3.8, 4) is 6.07 Å². The van der Waals surface area contributed by atoms with Crippen molar-refractivity contribution in [2.45, 2.75) is 58.0 Å². The highest BCUT2D eigenvalue weighted by Crippen LogP contribution is 2.16. The Morgan fingerprint density at radius 1 is 1.22 bits per heavy atom. The zero-order valence-electron chi connectivity index (χ0n) is 20.5. The van der Waals surface area contributed by atoms with Gasteiger partial charge in [-0.15, -0.1) is 0 Å². The van der Waals surface area contributed by atoms with E-state index < -0.39 is 17.5 Å². The number of aliphatic carboxylic acids is 2. The van der Waals surface area contributed by atoms with Crippen LogP contribution >= 0.6 is 0 Å². The molecule has 0 saturated carbocycles. The fourth-order valence-electron chi connectivity index (χ4n) is 3.41. The van der Waals surface area contributed by atoms with Gasteiger partial charge in [0.1, 0.15) is 6.04 Å². The van der Waals surface area contributed by atoms with Gasteiger partial charge in [0.05, 0.1) is 36.7 Å². The minimum Gasteiger partial charge on any atom is -0.481 e. The third-order valence-electron chi connectivity index (χ3n) is 5.38. The van der Waals surface area contributed by atoms with Gasteiger partial charge in [0.15, 0.2) is 5.65 Å². The highest BCUT2D eigenvalue weighted by atomic mass is 16.4. The number of carbonyl (C=O) groups is 4. The van der Waals surface area contributed by atoms with Crippen molar-refractivity contribution >= 4 is 29.4 Å². The van der Waals surface area contributed by atoms with Crippen LogP contribution in [0.3, 0.4) is 0 Å². The molecule has 0 radical (unpaired) electrons. The Kier molecular flexibility index (Phi) is 9.86. The molecule has 3 heterocycles. The maximum Gasteiger partial charge on any atom is 0.303 e. The minimum absolute atomic E-state index is 0.0906. The second kappa shape index (κ2) is 12.6. The smallest absolute Gasteiger partial charge is 0.303 e. The number of aryl methyl sites for hydroxylation is 1. The van der Waals surface area contributed by atoms with Crippen molar-refractivity contribution in [2.75, 3.05) is 19.6 Å². The lowest BCUT2D eigenvalue weighted by atomic mass is 10.1. The first-order valence-electron chi connectivity index (χ1n) is 11.4. The number of likely N-dealkylation sites (tertiary alicyclic amines) is 1. The number of nitriles is 1. The van der Waals surface area contributed by atoms with Gasteiger partial charge in [-0.05, 0) is 33.6 Å². The van der Waals surface area contributed by atoms with Crippen molar-refractivity contribution < 1.29 is 29.4 Å². The summed E-state index contributed by atoms with van der Waals surface area (Å²) in [5.74, 6) is -2.50. The number of amides is 2. The van der Waals surface area contributed by atoms with E-state index in [2.05, 4.69) is 26.8 Å². The third kappa shape index (κ3) is 8.62. The lowest BCUT2D eigenvalue weighted by Gasteiger charge is -2.28. The van der Waals surface area contributed by atoms with Crippen molar-refractivity contribution in [2.24, 2.45) is 0 Å². The molecular formula is C23H31N7O6. The molecule has 1 atom stereocenters. The molecule has 2 aromatic heterocycles. The van der Waals surface area contributed by atoms with E-state index in [-0.39, 0.29) is 37.2 Å². The predicted molar refractivity (Wildman–Crippen MR) is 127 cm³/mol. The van der Waals surface area contributed by atoms with Crippen molar-refractivity contribution in [1.82, 2.24) is 30.1 Å². The third-order valence-corrected chi connectivity index (χ3v) is 5.38. The van der Waals surface area contributed by atoms with E-state index >= 15 is 0 Å². The van der Waals surface area contributed by atoms with Crippen LogP contribution in [0.15, 0.2) is 18.5 Å². The summed E-state index contributed by atoms with van der Waals surface area (Å²) in [4.78, 5) is 49.9. The molecular weight excluding hydrogens is 470 g/mol. The summed E-state index contributed by atoms with van der Waals surface area (Å²) in [6.45, 7) is 6.76. The lowest BCUT2D eigenvalue weighted by Crippen LogP contribution is -2.52. The van der Waals surface area contributed by atoms with Gasteiger partial charge >= 0.3 is 11.9 Å². The van der Waals surface area contributed by atoms with Crippen LogP contribution in [-0.2, 0) is 14.4 Å². The predicted octanol–water partition coefficient (Wildman–Crippen LogP) is 0.586. The van der Waals surface area contributed by atoms with Crippen molar-refractivity contribution in [3.05, 3.63) is 29.7 Å². The Hall–Kier alpha value is -4.05. The SMILES string of the molecule is Cc1cc2ncc(C(=O)NCC(C)(C)NCC(=O)N3CCC[C@H]3C#N)cn2n1.O=C(O)CCC(=O)O. The van der Waals surface area contributed by atoms with Crippen LogP contribution in [0, 0.1) is 18.3 Å². The number of aromatic nitrogens is 3. The summed E-state index contributed by atoms with van der Waals surface area (Å²) in [6.07, 6.45) is 4.16. The number of hydrogen-bond acceptors (Lipinski definition) is 8. The largest absolute Gasteiger partial charge is 0.481 e. The summed E-state index contributed by atoms with van der Waals surface area (Å²) in [6, 6.07) is 3.68. The average Bonchev–Trinajstić information content (AvgIpc) is 3.45. The van der Waals surface area contributed by atoms with E-state index in [9.17, 15) is 19.2 Å². The van der Waals surface area contributed by atoms with E-state index in [4.69, 9.17) is 15.5 Å². The van der Waals surface area contributed by atoms with Crippen LogP contribution in [0.4, 0.5) is 0 Å². The maximum absolute atomic E-state index is 12.4. The molecule has 3 rings (SSSR count). The molecule has 1 fully saturated rings. The molecule has 2 aromatic rings. The molecule has 1 saturated heterocycles. The summed E-state index contributed by atoms with van der Waals surface area (Å²) in [5.41, 5.74) is 1.44. The fraction of sp³-hybridized carbons (Fsp3) is 0.522. The van der Waals surface area contributed by atoms with Gasteiger partial charge in [-0.2, -0.15) is 10.4 Å². The molecule has 36 heavy (non-hydrogen) atoms. The quantitative estimate of drug-likeness (QED) is 0.378. The lowest BCUT2D eigenvalue weighted by molar-refractivity contribution is -0.143. The summed E-state index contributed by atoms with van der Waals surface area (Å²) in [5, 5.41) is 35.2. The fourth-order valence-corrected chi connectivity index (χ4v) is 3.41. The van der Waals surface area contributed by atoms with Gasteiger partial charge in [0, 0.05) is 37.1 Å². The van der Waals surface area contributed by atoms with Gasteiger partial charge in [-0.1, -0.05) is 0 Å². The Morgan fingerprint density at radius 3 is 2.50 bits per heavy atom. The highest BCUT2D eigenvalue weighted by molar-refractivity contribution is 5.93. The number of carboxylic acid groups (broad SMARTS) is 2. The van der Waals surface area contributed by atoms with Crippen molar-refractivity contribution in [3.63, 3.8) is 0 Å². The number of rotatable bonds is 9. The van der Waals surface area contributed by atoms with Crippen molar-refractivity contribution in [1.29, 1.82) is 5.26 Å². The molecule has 0 aliphatic carbocycles. The standard InChI is InChI=1S/C19H25N7O2.C4H6O4/c1-13-7-16-21-9-14(11-26(16)24-13)18(28)22-12-19(2,3)23-10-17(27)25-6-4-5-15(25)8-20;5-3(6)1-2-4(7)8/h7,9,11,15,23H,4-6,10,12H2,1-3H3,(H,22,28);1-2H2,(H,5,6)(H,7,8)/t15-;/m0./s1. The Bertz CT molecular complexity index is 1140. The number of hydrogen-bond donors (Lipinski definition) is 4. The average molecular weight is 502 g/mol. The first-order valence-corrected chi connectivity index (χ1v) is 11.4. The number of fused-ring (bicyclic) bond motifs is 1. The highest BCUT2D eigenvalue weighted by Gasteiger charge is 2.29. The topological polar surface area (TPSA) is 190 Å². The molecule has 0 unspecified atom stereocenters. The first kappa shape index (κ1) is 28.2. The van der Waals surface area contributed by atoms with Gasteiger partial charge in [-0.25, -0.2) is 9.50 Å². The summed E-state index contributed by atoms with van der Waals surface area (Å²) < 4.78 is 1.58. The van der Waals surface area contributed by atoms with Crippen LogP contribution in [0.5, 0.6) is 0 Å². The van der Waals surface area contributed by atoms with Crippen LogP contribution in [0.25, 0.3) is 5.65 Å². The maximum atomic E-state index is 12.4. The number of nitrogens with zero attached hydrogens (tertiary/aromatic N) is 5. The Labute approximate surface area is 208 Å². The van der Waals surface area contributed by atoms with Crippen LogP contribution in [0.2, 0.25) is 0 Å². The zero-order valence-corrected chi connectivity index (χ0v) is 20.5. The van der Waals surface area contributed by atoms with E-state index in [0.29, 0.717) is 24.3 Å². The summed E-state index contributed by atoms with van der Waals surface area (Å²) in [7, 11) is 0. The molecule has 1 aliphatic rings. The molecule has 0 spiro atoms. The van der Waals surface area contributed by atoms with Gasteiger partial charge in [-0.3, -0.25) is 19.2 Å². The van der Waals surface area contributed by atoms with Crippen LogP contribution in [-0.4, -0.2) is 84.7 Å². The van der Waals surface area contributed by atoms with E-state index in [1.54, 1.807) is 15.6 Å². The van der Waals surface area contributed by atoms with Crippen LogP contribution in [0.1, 0.15) is 55.6 Å². The number of carbonyl (C=O) groups excluding carboxylic acids is 2. The molecule has 2 amide bonds. The van der Waals surface area contributed by atoms with Gasteiger partial charge in [0.25, 0.3) is 5.91 Å². The molecule has 13 heteroatoms. The molecule has 194 valence electrons. The number of carboxylic acids is 2. The molecule has 1 aliphatic heterocycles. The van der Waals surface area contributed by atoms with Gasteiger partial charge in [0.2, 0.25) is 5.91 Å². The molecule has 13 nitrogen and oxygen atoms in total. The Morgan fingerprint density at radius 2 is 1.89 bits per heavy atom. The molecule has 0 bridgehead atoms. The normalized spacial score (nSPS) is 15.1. The second-order valence-corrected chi connectivity index (χ2v) is 9.01. The second-order valence-electron chi connectivity index (χ2n) is 9.01. The molecule has 4 N–H and O–H groups in total. The van der Waals surface area contributed by atoms with Gasteiger partial charge < -0.3 is 25.7 Å². The summed E-state index contributed by atoms with van der Waals surface area (Å²) >= 11 is 0. The minimum atomic E-state index is -1.08. The first-order chi connectivity index (χ1) is 16.9.